The van der Waals surface area contributed by atoms with Crippen molar-refractivity contribution >= 4 is 27.5 Å². The van der Waals surface area contributed by atoms with Crippen LogP contribution in [0.15, 0.2) is 77.3 Å². The Labute approximate surface area is 159 Å². The Morgan fingerprint density at radius 1 is 1.04 bits per heavy atom. The van der Waals surface area contributed by atoms with Gasteiger partial charge < -0.3 is 10.1 Å². The van der Waals surface area contributed by atoms with Gasteiger partial charge >= 0.3 is 0 Å². The Balaban J connectivity index is 1.76. The summed E-state index contributed by atoms with van der Waals surface area (Å²) in [6.45, 7) is 1.65. The van der Waals surface area contributed by atoms with Gasteiger partial charge in [-0.15, -0.1) is 0 Å². The summed E-state index contributed by atoms with van der Waals surface area (Å²) in [5, 5.41) is 2.91. The summed E-state index contributed by atoms with van der Waals surface area (Å²) in [6, 6.07) is 21.5. The van der Waals surface area contributed by atoms with Crippen LogP contribution in [0.3, 0.4) is 0 Å². The van der Waals surface area contributed by atoms with Crippen molar-refractivity contribution in [2.75, 3.05) is 5.32 Å². The number of para-hydroxylation sites is 1. The highest BCUT2D eigenvalue weighted by Gasteiger charge is 2.18. The van der Waals surface area contributed by atoms with Crippen LogP contribution in [0.1, 0.15) is 6.92 Å². The number of rotatable bonds is 5. The van der Waals surface area contributed by atoms with Gasteiger partial charge in [0.05, 0.1) is 4.47 Å². The van der Waals surface area contributed by atoms with E-state index in [0.29, 0.717) is 15.9 Å². The normalized spacial score (nSPS) is 11.7. The maximum Gasteiger partial charge on any atom is 0.265 e. The molecule has 1 N–H and O–H groups in total. The third-order valence-electron chi connectivity index (χ3n) is 3.84. The number of benzene rings is 3. The molecular weight excluding hydrogens is 397 g/mol. The van der Waals surface area contributed by atoms with E-state index in [2.05, 4.69) is 21.2 Å². The van der Waals surface area contributed by atoms with Crippen LogP contribution in [0, 0.1) is 5.82 Å². The second-order valence-corrected chi connectivity index (χ2v) is 6.59. The number of ether oxygens (including phenoxy) is 1. The molecule has 1 unspecified atom stereocenters. The Morgan fingerprint density at radius 2 is 1.73 bits per heavy atom. The summed E-state index contributed by atoms with van der Waals surface area (Å²) < 4.78 is 19.3. The second kappa shape index (κ2) is 8.15. The number of nitrogens with one attached hydrogen (secondary N) is 1. The molecule has 0 fully saturated rings. The van der Waals surface area contributed by atoms with Crippen LogP contribution >= 0.6 is 15.9 Å². The van der Waals surface area contributed by atoms with Gasteiger partial charge in [0.2, 0.25) is 0 Å². The minimum absolute atomic E-state index is 0.287. The predicted molar refractivity (Wildman–Crippen MR) is 105 cm³/mol. The lowest BCUT2D eigenvalue weighted by Gasteiger charge is -2.17. The lowest BCUT2D eigenvalue weighted by Crippen LogP contribution is -2.30. The Morgan fingerprint density at radius 3 is 2.46 bits per heavy atom. The molecule has 3 nitrogen and oxygen atoms in total. The first-order valence-electron chi connectivity index (χ1n) is 8.11. The average molecular weight is 414 g/mol. The van der Waals surface area contributed by atoms with Crippen molar-refractivity contribution in [2.45, 2.75) is 13.0 Å². The lowest BCUT2D eigenvalue weighted by molar-refractivity contribution is -0.122. The number of hydrogen-bond acceptors (Lipinski definition) is 2. The van der Waals surface area contributed by atoms with Crippen LogP contribution in [0.4, 0.5) is 10.1 Å². The number of carbonyl (C=O) groups excluding carboxylic acids is 1. The van der Waals surface area contributed by atoms with Crippen LogP contribution in [0.5, 0.6) is 5.75 Å². The molecule has 3 aromatic rings. The van der Waals surface area contributed by atoms with E-state index in [1.165, 1.54) is 18.2 Å². The molecule has 0 saturated carbocycles. The van der Waals surface area contributed by atoms with Gasteiger partial charge in [0, 0.05) is 11.3 Å². The van der Waals surface area contributed by atoms with Crippen LogP contribution in [0.2, 0.25) is 0 Å². The molecule has 3 aromatic carbocycles. The number of carbonyl (C=O) groups is 1. The monoisotopic (exact) mass is 413 g/mol. The quantitative estimate of drug-likeness (QED) is 0.585. The van der Waals surface area contributed by atoms with Crippen molar-refractivity contribution < 1.29 is 13.9 Å². The van der Waals surface area contributed by atoms with E-state index < -0.39 is 6.10 Å². The number of anilines is 1. The molecule has 132 valence electrons. The third-order valence-corrected chi connectivity index (χ3v) is 4.46. The maximum absolute atomic E-state index is 13.2. The summed E-state index contributed by atoms with van der Waals surface area (Å²) in [7, 11) is 0. The lowest BCUT2D eigenvalue weighted by atomic mass is 10.0. The topological polar surface area (TPSA) is 38.3 Å². The van der Waals surface area contributed by atoms with E-state index in [-0.39, 0.29) is 11.7 Å². The fourth-order valence-electron chi connectivity index (χ4n) is 2.51. The van der Waals surface area contributed by atoms with Crippen LogP contribution < -0.4 is 10.1 Å². The standard InChI is InChI=1S/C21H17BrFNO2/c1-14(26-20-12-11-16(23)13-18(20)22)21(25)24-19-10-6-5-9-17(19)15-7-3-2-4-8-15/h2-14H,1H3,(H,24,25). The third kappa shape index (κ3) is 4.29. The van der Waals surface area contributed by atoms with Crippen molar-refractivity contribution in [2.24, 2.45) is 0 Å². The number of halogens is 2. The molecule has 0 bridgehead atoms. The van der Waals surface area contributed by atoms with E-state index in [1.54, 1.807) is 6.92 Å². The molecule has 0 radical (unpaired) electrons. The molecule has 26 heavy (non-hydrogen) atoms. The largest absolute Gasteiger partial charge is 0.480 e. The zero-order chi connectivity index (χ0) is 18.5. The second-order valence-electron chi connectivity index (χ2n) is 5.74. The van der Waals surface area contributed by atoms with Crippen LogP contribution in [0.25, 0.3) is 11.1 Å². The minimum atomic E-state index is -0.749. The number of hydrogen-bond donors (Lipinski definition) is 1. The molecule has 0 aliphatic heterocycles. The Bertz CT molecular complexity index is 915. The maximum atomic E-state index is 13.2. The van der Waals surface area contributed by atoms with E-state index in [9.17, 15) is 9.18 Å². The molecule has 1 amide bonds. The first kappa shape index (κ1) is 18.1. The highest BCUT2D eigenvalue weighted by Crippen LogP contribution is 2.29. The van der Waals surface area contributed by atoms with Crippen LogP contribution in [-0.4, -0.2) is 12.0 Å². The summed E-state index contributed by atoms with van der Waals surface area (Å²) in [4.78, 5) is 12.6. The first-order valence-corrected chi connectivity index (χ1v) is 8.91. The SMILES string of the molecule is CC(Oc1ccc(F)cc1Br)C(=O)Nc1ccccc1-c1ccccc1. The molecule has 0 spiro atoms. The van der Waals surface area contributed by atoms with Gasteiger partial charge in [0.15, 0.2) is 6.10 Å². The molecule has 0 aromatic heterocycles. The van der Waals surface area contributed by atoms with Gasteiger partial charge in [-0.3, -0.25) is 4.79 Å². The van der Waals surface area contributed by atoms with Gasteiger partial charge in [0.1, 0.15) is 11.6 Å². The highest BCUT2D eigenvalue weighted by molar-refractivity contribution is 9.10. The zero-order valence-corrected chi connectivity index (χ0v) is 15.7. The van der Waals surface area contributed by atoms with Gasteiger partial charge in [-0.25, -0.2) is 4.39 Å². The highest BCUT2D eigenvalue weighted by atomic mass is 79.9. The van der Waals surface area contributed by atoms with Gasteiger partial charge in [0.25, 0.3) is 5.91 Å². The molecule has 0 saturated heterocycles. The first-order chi connectivity index (χ1) is 12.5. The molecule has 1 atom stereocenters. The smallest absolute Gasteiger partial charge is 0.265 e. The molecule has 0 heterocycles. The predicted octanol–water partition coefficient (Wildman–Crippen LogP) is 5.66. The van der Waals surface area contributed by atoms with Crippen molar-refractivity contribution in [3.05, 3.63) is 83.1 Å². The number of amides is 1. The minimum Gasteiger partial charge on any atom is -0.480 e. The van der Waals surface area contributed by atoms with Crippen molar-refractivity contribution in [1.29, 1.82) is 0 Å². The molecule has 3 rings (SSSR count). The van der Waals surface area contributed by atoms with E-state index >= 15 is 0 Å². The summed E-state index contributed by atoms with van der Waals surface area (Å²) in [5.41, 5.74) is 2.65. The average Bonchev–Trinajstić information content (AvgIpc) is 2.65. The molecular formula is C21H17BrFNO2. The fourth-order valence-corrected chi connectivity index (χ4v) is 2.95. The summed E-state index contributed by atoms with van der Waals surface area (Å²) in [6.07, 6.45) is -0.749. The van der Waals surface area contributed by atoms with Gasteiger partial charge in [-0.2, -0.15) is 0 Å². The Hall–Kier alpha value is -2.66. The zero-order valence-electron chi connectivity index (χ0n) is 14.1. The van der Waals surface area contributed by atoms with Gasteiger partial charge in [-0.05, 0) is 52.7 Å². The van der Waals surface area contributed by atoms with E-state index in [0.717, 1.165) is 11.1 Å². The molecule has 0 aliphatic rings. The summed E-state index contributed by atoms with van der Waals surface area (Å²) >= 11 is 3.24. The van der Waals surface area contributed by atoms with E-state index in [4.69, 9.17) is 4.74 Å². The molecule has 5 heteroatoms. The van der Waals surface area contributed by atoms with Crippen molar-refractivity contribution in [3.8, 4) is 16.9 Å². The van der Waals surface area contributed by atoms with Crippen molar-refractivity contribution in [1.82, 2.24) is 0 Å². The molecule has 0 aliphatic carbocycles. The Kier molecular flexibility index (Phi) is 5.68. The van der Waals surface area contributed by atoms with Crippen LogP contribution in [-0.2, 0) is 4.79 Å². The van der Waals surface area contributed by atoms with Gasteiger partial charge in [-0.1, -0.05) is 48.5 Å². The van der Waals surface area contributed by atoms with Crippen molar-refractivity contribution in [3.63, 3.8) is 0 Å². The fraction of sp³-hybridized carbons (Fsp3) is 0.0952. The van der Waals surface area contributed by atoms with E-state index in [1.807, 2.05) is 54.6 Å². The summed E-state index contributed by atoms with van der Waals surface area (Å²) in [5.74, 6) is -0.256.